The van der Waals surface area contributed by atoms with Gasteiger partial charge < -0.3 is 9.47 Å². The topological polar surface area (TPSA) is 18.5 Å². The first-order valence-corrected chi connectivity index (χ1v) is 4.38. The molecule has 0 radical (unpaired) electrons. The van der Waals surface area contributed by atoms with Crippen LogP contribution >= 0.6 is 0 Å². The molecule has 0 spiro atoms. The van der Waals surface area contributed by atoms with E-state index in [0.717, 1.165) is 12.8 Å². The van der Waals surface area contributed by atoms with Gasteiger partial charge in [0, 0.05) is 14.2 Å². The highest BCUT2D eigenvalue weighted by molar-refractivity contribution is 4.72. The van der Waals surface area contributed by atoms with Crippen molar-refractivity contribution in [1.82, 2.24) is 0 Å². The average molecular weight is 172 g/mol. The summed E-state index contributed by atoms with van der Waals surface area (Å²) in [6.07, 6.45) is 4.32. The highest BCUT2D eigenvalue weighted by Gasteiger charge is 2.15. The zero-order chi connectivity index (χ0) is 9.40. The van der Waals surface area contributed by atoms with Crippen molar-refractivity contribution in [2.45, 2.75) is 25.9 Å². The van der Waals surface area contributed by atoms with Crippen molar-refractivity contribution in [3.8, 4) is 0 Å². The van der Waals surface area contributed by atoms with Crippen LogP contribution in [0.2, 0.25) is 0 Å². The van der Waals surface area contributed by atoms with Crippen LogP contribution in [0.4, 0.5) is 0 Å². The SMILES string of the molecule is C=CCCC(C)C(COC)OC. The maximum absolute atomic E-state index is 5.29. The minimum absolute atomic E-state index is 0.218. The molecule has 0 saturated heterocycles. The molecule has 0 bridgehead atoms. The highest BCUT2D eigenvalue weighted by Crippen LogP contribution is 2.13. The van der Waals surface area contributed by atoms with E-state index in [1.165, 1.54) is 0 Å². The fourth-order valence-electron chi connectivity index (χ4n) is 1.20. The summed E-state index contributed by atoms with van der Waals surface area (Å²) in [5, 5.41) is 0. The minimum Gasteiger partial charge on any atom is -0.382 e. The van der Waals surface area contributed by atoms with Crippen molar-refractivity contribution < 1.29 is 9.47 Å². The normalized spacial score (nSPS) is 15.6. The quantitative estimate of drug-likeness (QED) is 0.548. The summed E-state index contributed by atoms with van der Waals surface area (Å²) in [7, 11) is 3.43. The third kappa shape index (κ3) is 4.52. The zero-order valence-corrected chi connectivity index (χ0v) is 8.38. The molecule has 0 heterocycles. The highest BCUT2D eigenvalue weighted by atomic mass is 16.5. The average Bonchev–Trinajstić information content (AvgIpc) is 2.10. The standard InChI is InChI=1S/C10H20O2/c1-5-6-7-9(2)10(12-4)8-11-3/h5,9-10H,1,6-8H2,2-4H3. The smallest absolute Gasteiger partial charge is 0.0830 e. The van der Waals surface area contributed by atoms with Crippen molar-refractivity contribution in [3.63, 3.8) is 0 Å². The maximum atomic E-state index is 5.29. The molecule has 0 amide bonds. The summed E-state index contributed by atoms with van der Waals surface area (Å²) in [6.45, 7) is 6.54. The number of allylic oxidation sites excluding steroid dienone is 1. The lowest BCUT2D eigenvalue weighted by Crippen LogP contribution is -2.25. The van der Waals surface area contributed by atoms with Gasteiger partial charge >= 0.3 is 0 Å². The Hall–Kier alpha value is -0.340. The number of methoxy groups -OCH3 is 2. The van der Waals surface area contributed by atoms with E-state index in [-0.39, 0.29) is 6.10 Å². The van der Waals surface area contributed by atoms with Crippen molar-refractivity contribution in [1.29, 1.82) is 0 Å². The van der Waals surface area contributed by atoms with Crippen molar-refractivity contribution in [3.05, 3.63) is 12.7 Å². The first-order valence-electron chi connectivity index (χ1n) is 4.38. The van der Waals surface area contributed by atoms with Crippen LogP contribution in [-0.4, -0.2) is 26.9 Å². The van der Waals surface area contributed by atoms with Gasteiger partial charge in [-0.2, -0.15) is 0 Å². The summed E-state index contributed by atoms with van der Waals surface area (Å²) in [4.78, 5) is 0. The summed E-state index contributed by atoms with van der Waals surface area (Å²) in [5.74, 6) is 0.535. The van der Waals surface area contributed by atoms with Crippen LogP contribution in [0, 0.1) is 5.92 Å². The molecular formula is C10H20O2. The van der Waals surface area contributed by atoms with Gasteiger partial charge in [-0.3, -0.25) is 0 Å². The Morgan fingerprint density at radius 1 is 1.42 bits per heavy atom. The van der Waals surface area contributed by atoms with Crippen molar-refractivity contribution in [2.75, 3.05) is 20.8 Å². The van der Waals surface area contributed by atoms with E-state index in [1.54, 1.807) is 14.2 Å². The largest absolute Gasteiger partial charge is 0.382 e. The molecule has 2 atom stereocenters. The van der Waals surface area contributed by atoms with Gasteiger partial charge in [-0.1, -0.05) is 13.0 Å². The number of hydrogen-bond donors (Lipinski definition) is 0. The zero-order valence-electron chi connectivity index (χ0n) is 8.38. The van der Waals surface area contributed by atoms with Gasteiger partial charge in [0.15, 0.2) is 0 Å². The molecule has 0 aromatic carbocycles. The van der Waals surface area contributed by atoms with Gasteiger partial charge in [0.1, 0.15) is 0 Å². The van der Waals surface area contributed by atoms with Crippen LogP contribution in [0.1, 0.15) is 19.8 Å². The summed E-state index contributed by atoms with van der Waals surface area (Å²) < 4.78 is 10.3. The Labute approximate surface area is 75.6 Å². The number of ether oxygens (including phenoxy) is 2. The predicted molar refractivity (Wildman–Crippen MR) is 51.3 cm³/mol. The second-order valence-corrected chi connectivity index (χ2v) is 3.07. The van der Waals surface area contributed by atoms with Crippen LogP contribution in [0.3, 0.4) is 0 Å². The maximum Gasteiger partial charge on any atom is 0.0830 e. The van der Waals surface area contributed by atoms with Gasteiger partial charge in [-0.05, 0) is 18.8 Å². The lowest BCUT2D eigenvalue weighted by Gasteiger charge is -2.21. The Bertz CT molecular complexity index is 112. The predicted octanol–water partition coefficient (Wildman–Crippen LogP) is 2.25. The van der Waals surface area contributed by atoms with E-state index in [2.05, 4.69) is 13.5 Å². The molecule has 2 unspecified atom stereocenters. The van der Waals surface area contributed by atoms with Gasteiger partial charge in [0.05, 0.1) is 12.7 Å². The third-order valence-corrected chi connectivity index (χ3v) is 2.09. The fraction of sp³-hybridized carbons (Fsp3) is 0.800. The molecule has 0 aromatic heterocycles. The first kappa shape index (κ1) is 11.7. The second kappa shape index (κ2) is 7.32. The summed E-state index contributed by atoms with van der Waals surface area (Å²) >= 11 is 0. The van der Waals surface area contributed by atoms with Crippen LogP contribution in [0.5, 0.6) is 0 Å². The van der Waals surface area contributed by atoms with E-state index >= 15 is 0 Å². The Morgan fingerprint density at radius 3 is 2.50 bits per heavy atom. The molecule has 0 aromatic rings. The lowest BCUT2D eigenvalue weighted by molar-refractivity contribution is -0.00521. The Kier molecular flexibility index (Phi) is 7.11. The van der Waals surface area contributed by atoms with Crippen LogP contribution in [-0.2, 0) is 9.47 Å². The van der Waals surface area contributed by atoms with Gasteiger partial charge in [-0.15, -0.1) is 6.58 Å². The first-order chi connectivity index (χ1) is 5.76. The molecule has 72 valence electrons. The molecule has 0 fully saturated rings. The van der Waals surface area contributed by atoms with Gasteiger partial charge in [0.25, 0.3) is 0 Å². The van der Waals surface area contributed by atoms with E-state index in [0.29, 0.717) is 12.5 Å². The summed E-state index contributed by atoms with van der Waals surface area (Å²) in [6, 6.07) is 0. The number of hydrogen-bond acceptors (Lipinski definition) is 2. The van der Waals surface area contributed by atoms with E-state index in [1.807, 2.05) is 6.08 Å². The molecule has 0 aliphatic rings. The van der Waals surface area contributed by atoms with Crippen LogP contribution < -0.4 is 0 Å². The lowest BCUT2D eigenvalue weighted by atomic mass is 9.99. The minimum atomic E-state index is 0.218. The van der Waals surface area contributed by atoms with Crippen molar-refractivity contribution >= 4 is 0 Å². The second-order valence-electron chi connectivity index (χ2n) is 3.07. The molecule has 2 nitrogen and oxygen atoms in total. The summed E-state index contributed by atoms with van der Waals surface area (Å²) in [5.41, 5.74) is 0. The fourth-order valence-corrected chi connectivity index (χ4v) is 1.20. The number of rotatable bonds is 7. The van der Waals surface area contributed by atoms with E-state index in [4.69, 9.17) is 9.47 Å². The monoisotopic (exact) mass is 172 g/mol. The molecule has 0 aliphatic carbocycles. The third-order valence-electron chi connectivity index (χ3n) is 2.09. The molecule has 0 saturated carbocycles. The molecule has 12 heavy (non-hydrogen) atoms. The van der Waals surface area contributed by atoms with Crippen molar-refractivity contribution in [2.24, 2.45) is 5.92 Å². The Morgan fingerprint density at radius 2 is 2.08 bits per heavy atom. The molecule has 0 rings (SSSR count). The van der Waals surface area contributed by atoms with E-state index in [9.17, 15) is 0 Å². The van der Waals surface area contributed by atoms with E-state index < -0.39 is 0 Å². The molecule has 0 N–H and O–H groups in total. The van der Waals surface area contributed by atoms with Crippen LogP contribution in [0.15, 0.2) is 12.7 Å². The van der Waals surface area contributed by atoms with Gasteiger partial charge in [0.2, 0.25) is 0 Å². The molecule has 0 aliphatic heterocycles. The molecular weight excluding hydrogens is 152 g/mol. The molecule has 2 heteroatoms. The van der Waals surface area contributed by atoms with Gasteiger partial charge in [-0.25, -0.2) is 0 Å². The Balaban J connectivity index is 3.67. The van der Waals surface area contributed by atoms with Crippen LogP contribution in [0.25, 0.3) is 0 Å².